The first-order chi connectivity index (χ1) is 10.3. The Labute approximate surface area is 132 Å². The van der Waals surface area contributed by atoms with Crippen LogP contribution in [0.5, 0.6) is 0 Å². The van der Waals surface area contributed by atoms with Crippen LogP contribution in [0.3, 0.4) is 0 Å². The highest BCUT2D eigenvalue weighted by Gasteiger charge is 2.10. The zero-order valence-electron chi connectivity index (χ0n) is 14.8. The number of methoxy groups -OCH3 is 2. The molecule has 0 bridgehead atoms. The third-order valence-electron chi connectivity index (χ3n) is 2.48. The Kier molecular flexibility index (Phi) is 19.9. The fraction of sp³-hybridized carbons (Fsp3) is 0.579. The molecule has 0 saturated heterocycles. The highest BCUT2D eigenvalue weighted by atomic mass is 16.5. The molecule has 0 spiro atoms. The van der Waals surface area contributed by atoms with E-state index >= 15 is 0 Å². The van der Waals surface area contributed by atoms with Gasteiger partial charge in [-0.2, -0.15) is 0 Å². The molecule has 0 N–H and O–H groups in total. The Balaban J connectivity index is 0. The summed E-state index contributed by atoms with van der Waals surface area (Å²) < 4.78 is 9.31. The summed E-state index contributed by atoms with van der Waals surface area (Å²) in [5, 5.41) is 0. The lowest BCUT2D eigenvalue weighted by Crippen LogP contribution is -2.02. The summed E-state index contributed by atoms with van der Waals surface area (Å²) in [4.78, 5) is 0. The van der Waals surface area contributed by atoms with Gasteiger partial charge in [-0.1, -0.05) is 76.6 Å². The van der Waals surface area contributed by atoms with Crippen molar-refractivity contribution in [2.45, 2.75) is 40.5 Å². The van der Waals surface area contributed by atoms with E-state index in [0.717, 1.165) is 0 Å². The Bertz CT molecular complexity index is 308. The van der Waals surface area contributed by atoms with Gasteiger partial charge in [-0.05, 0) is 12.0 Å². The molecule has 0 saturated carbocycles. The molecule has 1 atom stereocenters. The summed E-state index contributed by atoms with van der Waals surface area (Å²) in [6, 6.07) is 0. The Morgan fingerprint density at radius 1 is 1.00 bits per heavy atom. The summed E-state index contributed by atoms with van der Waals surface area (Å²) in [5.41, 5.74) is 1.45. The predicted octanol–water partition coefficient (Wildman–Crippen LogP) is 5.34. The largest absolute Gasteiger partial charge is 0.382 e. The number of rotatable bonds is 3. The van der Waals surface area contributed by atoms with Crippen LogP contribution in [-0.2, 0) is 9.47 Å². The zero-order valence-corrected chi connectivity index (χ0v) is 14.8. The van der Waals surface area contributed by atoms with E-state index in [4.69, 9.17) is 0 Å². The SMILES string of the molecule is C1=CCC2C=CC=CC2=C1.CC.CCC.COCCOC. The molecule has 0 aromatic rings. The van der Waals surface area contributed by atoms with E-state index in [0.29, 0.717) is 19.1 Å². The van der Waals surface area contributed by atoms with Crippen molar-refractivity contribution in [3.05, 3.63) is 48.1 Å². The lowest BCUT2D eigenvalue weighted by atomic mass is 9.88. The van der Waals surface area contributed by atoms with Crippen molar-refractivity contribution in [3.63, 3.8) is 0 Å². The van der Waals surface area contributed by atoms with Gasteiger partial charge in [0, 0.05) is 20.1 Å². The normalized spacial score (nSPS) is 17.0. The number of ether oxygens (including phenoxy) is 2. The molecule has 122 valence electrons. The molecule has 2 aliphatic rings. The molecule has 0 aliphatic heterocycles. The quantitative estimate of drug-likeness (QED) is 0.654. The minimum atomic E-state index is 0.662. The van der Waals surface area contributed by atoms with E-state index in [-0.39, 0.29) is 0 Å². The molecular formula is C19H34O2. The van der Waals surface area contributed by atoms with Gasteiger partial charge in [-0.25, -0.2) is 0 Å². The molecule has 2 nitrogen and oxygen atoms in total. The fourth-order valence-electron chi connectivity index (χ4n) is 1.56. The lowest BCUT2D eigenvalue weighted by Gasteiger charge is -2.16. The van der Waals surface area contributed by atoms with Crippen molar-refractivity contribution in [1.82, 2.24) is 0 Å². The second kappa shape index (κ2) is 18.9. The van der Waals surface area contributed by atoms with Gasteiger partial charge >= 0.3 is 0 Å². The maximum Gasteiger partial charge on any atom is 0.0696 e. The van der Waals surface area contributed by atoms with E-state index in [2.05, 4.69) is 65.9 Å². The first kappa shape index (κ1) is 22.2. The van der Waals surface area contributed by atoms with Crippen LogP contribution < -0.4 is 0 Å². The van der Waals surface area contributed by atoms with Crippen LogP contribution in [0.2, 0.25) is 0 Å². The van der Waals surface area contributed by atoms with Crippen LogP contribution in [0.1, 0.15) is 40.5 Å². The van der Waals surface area contributed by atoms with Crippen molar-refractivity contribution in [1.29, 1.82) is 0 Å². The number of hydrogen-bond acceptors (Lipinski definition) is 2. The maximum atomic E-state index is 4.66. The molecule has 0 radical (unpaired) electrons. The molecule has 0 aromatic heterocycles. The van der Waals surface area contributed by atoms with Gasteiger partial charge in [-0.15, -0.1) is 0 Å². The monoisotopic (exact) mass is 294 g/mol. The smallest absolute Gasteiger partial charge is 0.0696 e. The second-order valence-electron chi connectivity index (χ2n) is 4.37. The first-order valence-corrected chi connectivity index (χ1v) is 7.99. The zero-order chi connectivity index (χ0) is 16.3. The Morgan fingerprint density at radius 2 is 1.57 bits per heavy atom. The van der Waals surface area contributed by atoms with Crippen LogP contribution in [-0.4, -0.2) is 27.4 Å². The summed E-state index contributed by atoms with van der Waals surface area (Å²) in [6.45, 7) is 9.63. The van der Waals surface area contributed by atoms with Crippen LogP contribution in [0.25, 0.3) is 0 Å². The van der Waals surface area contributed by atoms with Crippen LogP contribution in [0, 0.1) is 5.92 Å². The van der Waals surface area contributed by atoms with Crippen LogP contribution in [0.15, 0.2) is 48.1 Å². The van der Waals surface area contributed by atoms with E-state index in [1.54, 1.807) is 14.2 Å². The molecule has 2 aliphatic carbocycles. The van der Waals surface area contributed by atoms with Crippen molar-refractivity contribution in [2.24, 2.45) is 5.92 Å². The van der Waals surface area contributed by atoms with Crippen molar-refractivity contribution < 1.29 is 9.47 Å². The minimum absolute atomic E-state index is 0.662. The number of hydrogen-bond donors (Lipinski definition) is 0. The summed E-state index contributed by atoms with van der Waals surface area (Å²) in [7, 11) is 3.30. The molecule has 0 heterocycles. The second-order valence-corrected chi connectivity index (χ2v) is 4.37. The minimum Gasteiger partial charge on any atom is -0.382 e. The summed E-state index contributed by atoms with van der Waals surface area (Å²) >= 11 is 0. The molecule has 0 fully saturated rings. The molecular weight excluding hydrogens is 260 g/mol. The summed E-state index contributed by atoms with van der Waals surface area (Å²) in [6.07, 6.45) is 17.6. The standard InChI is InChI=1S/C10H10.C4H10O2.C3H8.C2H6/c1-2-6-10-8-4-3-7-9(10)5-1;1-5-3-4-6-2;1-3-2;1-2/h1-7,10H,8H2;3-4H2,1-2H3;3H2,1-2H3;1-2H3. The Morgan fingerprint density at radius 3 is 2.05 bits per heavy atom. The average molecular weight is 294 g/mol. The lowest BCUT2D eigenvalue weighted by molar-refractivity contribution is 0.103. The van der Waals surface area contributed by atoms with Crippen molar-refractivity contribution in [3.8, 4) is 0 Å². The van der Waals surface area contributed by atoms with Crippen LogP contribution >= 0.6 is 0 Å². The maximum absolute atomic E-state index is 4.66. The summed E-state index contributed by atoms with van der Waals surface area (Å²) in [5.74, 6) is 0.662. The third-order valence-corrected chi connectivity index (χ3v) is 2.48. The van der Waals surface area contributed by atoms with E-state index < -0.39 is 0 Å². The van der Waals surface area contributed by atoms with E-state index in [9.17, 15) is 0 Å². The highest BCUT2D eigenvalue weighted by molar-refractivity contribution is 5.38. The van der Waals surface area contributed by atoms with Gasteiger partial charge in [0.15, 0.2) is 0 Å². The van der Waals surface area contributed by atoms with Gasteiger partial charge in [0.05, 0.1) is 13.2 Å². The van der Waals surface area contributed by atoms with Gasteiger partial charge in [0.25, 0.3) is 0 Å². The molecule has 2 rings (SSSR count). The van der Waals surface area contributed by atoms with Crippen molar-refractivity contribution in [2.75, 3.05) is 27.4 Å². The third kappa shape index (κ3) is 13.6. The van der Waals surface area contributed by atoms with E-state index in [1.807, 2.05) is 13.8 Å². The van der Waals surface area contributed by atoms with Crippen LogP contribution in [0.4, 0.5) is 0 Å². The fourth-order valence-corrected chi connectivity index (χ4v) is 1.56. The van der Waals surface area contributed by atoms with Gasteiger partial charge in [0.2, 0.25) is 0 Å². The molecule has 0 amide bonds. The van der Waals surface area contributed by atoms with Gasteiger partial charge in [0.1, 0.15) is 0 Å². The number of allylic oxidation sites excluding steroid dienone is 8. The van der Waals surface area contributed by atoms with Crippen molar-refractivity contribution >= 4 is 0 Å². The molecule has 1 unspecified atom stereocenters. The predicted molar refractivity (Wildman–Crippen MR) is 94.7 cm³/mol. The topological polar surface area (TPSA) is 18.5 Å². The number of fused-ring (bicyclic) bond motifs is 1. The molecule has 0 aromatic carbocycles. The average Bonchev–Trinajstić information content (AvgIpc) is 2.56. The highest BCUT2D eigenvalue weighted by Crippen LogP contribution is 2.25. The molecule has 21 heavy (non-hydrogen) atoms. The van der Waals surface area contributed by atoms with E-state index in [1.165, 1.54) is 18.4 Å². The van der Waals surface area contributed by atoms with Gasteiger partial charge < -0.3 is 9.47 Å². The first-order valence-electron chi connectivity index (χ1n) is 7.99. The Hall–Kier alpha value is -1.12. The van der Waals surface area contributed by atoms with Gasteiger partial charge in [-0.3, -0.25) is 0 Å². The molecule has 2 heteroatoms.